The third-order valence-electron chi connectivity index (χ3n) is 4.29. The van der Waals surface area contributed by atoms with Gasteiger partial charge in [-0.1, -0.05) is 108 Å². The summed E-state index contributed by atoms with van der Waals surface area (Å²) in [6, 6.07) is 6.06. The molecule has 0 aromatic carbocycles. The molecule has 0 saturated carbocycles. The Hall–Kier alpha value is -0.600. The van der Waals surface area contributed by atoms with Crippen molar-refractivity contribution in [2.45, 2.75) is 96.8 Å². The molecule has 0 atom stereocenters. The van der Waals surface area contributed by atoms with Crippen molar-refractivity contribution in [2.24, 2.45) is 0 Å². The Morgan fingerprint density at radius 3 is 1.40 bits per heavy atom. The van der Waals surface area contributed by atoms with E-state index in [1.165, 1.54) is 89.9 Å². The molecule has 0 amide bonds. The molecule has 2 nitrogen and oxygen atoms in total. The SMILES string of the molecule is CCCCCCCCCCCCCCCCOCCl.c1ccncc1. The van der Waals surface area contributed by atoms with Gasteiger partial charge in [0.05, 0.1) is 0 Å². The standard InChI is InChI=1S/C17H35ClO.C5H5N/c1-2-3-4-5-6-7-8-9-10-11-12-13-14-15-16-19-17-18;1-2-4-6-5-3-1/h2-17H2,1H3;1-5H. The molecular weight excluding hydrogens is 330 g/mol. The summed E-state index contributed by atoms with van der Waals surface area (Å²) in [6.07, 6.45) is 23.1. The number of halogens is 1. The highest BCUT2D eigenvalue weighted by molar-refractivity contribution is 6.17. The normalized spacial score (nSPS) is 10.3. The minimum Gasteiger partial charge on any atom is -0.366 e. The molecule has 0 spiro atoms. The van der Waals surface area contributed by atoms with Crippen LogP contribution >= 0.6 is 11.6 Å². The summed E-state index contributed by atoms with van der Waals surface area (Å²) in [5, 5.41) is 0. The zero-order valence-electron chi connectivity index (χ0n) is 16.4. The van der Waals surface area contributed by atoms with Crippen molar-refractivity contribution in [1.29, 1.82) is 0 Å². The zero-order valence-corrected chi connectivity index (χ0v) is 17.2. The van der Waals surface area contributed by atoms with Gasteiger partial charge >= 0.3 is 0 Å². The highest BCUT2D eigenvalue weighted by atomic mass is 35.5. The number of hydrogen-bond donors (Lipinski definition) is 0. The van der Waals surface area contributed by atoms with Crippen LogP contribution in [-0.2, 0) is 4.74 Å². The number of nitrogens with zero attached hydrogens (tertiary/aromatic N) is 1. The fourth-order valence-corrected chi connectivity index (χ4v) is 2.87. The molecule has 0 aliphatic rings. The topological polar surface area (TPSA) is 22.1 Å². The molecule has 0 bridgehead atoms. The lowest BCUT2D eigenvalue weighted by Crippen LogP contribution is -1.91. The van der Waals surface area contributed by atoms with Crippen LogP contribution in [-0.4, -0.2) is 17.7 Å². The van der Waals surface area contributed by atoms with Crippen molar-refractivity contribution in [1.82, 2.24) is 4.98 Å². The van der Waals surface area contributed by atoms with Gasteiger partial charge in [-0.05, 0) is 18.6 Å². The first-order valence-electron chi connectivity index (χ1n) is 10.4. The van der Waals surface area contributed by atoms with E-state index in [1.807, 2.05) is 18.2 Å². The second-order valence-corrected chi connectivity index (χ2v) is 6.86. The third-order valence-corrected chi connectivity index (χ3v) is 4.44. The van der Waals surface area contributed by atoms with Crippen LogP contribution < -0.4 is 0 Å². The summed E-state index contributed by atoms with van der Waals surface area (Å²) in [5.74, 6) is 0. The lowest BCUT2D eigenvalue weighted by Gasteiger charge is -2.03. The highest BCUT2D eigenvalue weighted by Crippen LogP contribution is 2.12. The van der Waals surface area contributed by atoms with Gasteiger partial charge in [-0.2, -0.15) is 0 Å². The second-order valence-electron chi connectivity index (χ2n) is 6.64. The first-order chi connectivity index (χ1) is 12.4. The lowest BCUT2D eigenvalue weighted by molar-refractivity contribution is 0.173. The van der Waals surface area contributed by atoms with Crippen LogP contribution in [0.15, 0.2) is 30.6 Å². The summed E-state index contributed by atoms with van der Waals surface area (Å²) in [7, 11) is 0. The Balaban J connectivity index is 0.000000796. The molecule has 146 valence electrons. The molecular formula is C22H40ClNO. The number of rotatable bonds is 16. The summed E-state index contributed by atoms with van der Waals surface area (Å²) in [6.45, 7) is 3.12. The smallest absolute Gasteiger partial charge is 0.120 e. The van der Waals surface area contributed by atoms with Crippen LogP contribution in [0.2, 0.25) is 0 Å². The monoisotopic (exact) mass is 369 g/mol. The van der Waals surface area contributed by atoms with E-state index in [2.05, 4.69) is 11.9 Å². The van der Waals surface area contributed by atoms with Crippen molar-refractivity contribution < 1.29 is 4.74 Å². The maximum atomic E-state index is 5.44. The maximum Gasteiger partial charge on any atom is 0.120 e. The van der Waals surface area contributed by atoms with Gasteiger partial charge in [0, 0.05) is 19.0 Å². The molecule has 25 heavy (non-hydrogen) atoms. The predicted molar refractivity (Wildman–Crippen MR) is 111 cm³/mol. The fourth-order valence-electron chi connectivity index (χ4n) is 2.77. The lowest BCUT2D eigenvalue weighted by atomic mass is 10.0. The van der Waals surface area contributed by atoms with Crippen molar-refractivity contribution in [3.05, 3.63) is 30.6 Å². The largest absolute Gasteiger partial charge is 0.366 e. The van der Waals surface area contributed by atoms with Crippen LogP contribution in [0.3, 0.4) is 0 Å². The Labute approximate surface area is 161 Å². The molecule has 0 saturated heterocycles. The van der Waals surface area contributed by atoms with E-state index in [9.17, 15) is 0 Å². The summed E-state index contributed by atoms with van der Waals surface area (Å²) >= 11 is 5.44. The van der Waals surface area contributed by atoms with Gasteiger partial charge in [-0.25, -0.2) is 0 Å². The minimum atomic E-state index is 0.346. The molecule has 0 unspecified atom stereocenters. The highest BCUT2D eigenvalue weighted by Gasteiger charge is 1.94. The molecule has 0 N–H and O–H groups in total. The van der Waals surface area contributed by atoms with Crippen molar-refractivity contribution in [3.8, 4) is 0 Å². The molecule has 1 aromatic rings. The number of pyridine rings is 1. The van der Waals surface area contributed by atoms with Gasteiger partial charge in [-0.15, -0.1) is 0 Å². The zero-order chi connectivity index (χ0) is 18.3. The van der Waals surface area contributed by atoms with E-state index < -0.39 is 0 Å². The van der Waals surface area contributed by atoms with Crippen LogP contribution in [0, 0.1) is 0 Å². The van der Waals surface area contributed by atoms with Crippen LogP contribution in [0.5, 0.6) is 0 Å². The van der Waals surface area contributed by atoms with Gasteiger partial charge in [0.25, 0.3) is 0 Å². The summed E-state index contributed by atoms with van der Waals surface area (Å²) < 4.78 is 5.11. The van der Waals surface area contributed by atoms with E-state index in [0.717, 1.165) is 6.61 Å². The van der Waals surface area contributed by atoms with Gasteiger partial charge in [0.1, 0.15) is 6.07 Å². The first kappa shape index (κ1) is 24.4. The van der Waals surface area contributed by atoms with Gasteiger partial charge in [0.2, 0.25) is 0 Å². The molecule has 0 radical (unpaired) electrons. The number of hydrogen-bond acceptors (Lipinski definition) is 2. The van der Waals surface area contributed by atoms with Crippen LogP contribution in [0.4, 0.5) is 0 Å². The molecule has 0 aliphatic heterocycles. The Kier molecular flexibility index (Phi) is 22.8. The first-order valence-corrected chi connectivity index (χ1v) is 10.9. The average molecular weight is 370 g/mol. The molecule has 3 heteroatoms. The summed E-state index contributed by atoms with van der Waals surface area (Å²) in [5.41, 5.74) is 0. The number of ether oxygens (including phenoxy) is 1. The van der Waals surface area contributed by atoms with E-state index in [0.29, 0.717) is 6.07 Å². The van der Waals surface area contributed by atoms with Gasteiger partial charge in [-0.3, -0.25) is 4.98 Å². The minimum absolute atomic E-state index is 0.346. The molecule has 1 aromatic heterocycles. The van der Waals surface area contributed by atoms with E-state index in [1.54, 1.807) is 12.4 Å². The number of aromatic nitrogens is 1. The Morgan fingerprint density at radius 2 is 1.08 bits per heavy atom. The van der Waals surface area contributed by atoms with Gasteiger partial charge < -0.3 is 4.74 Å². The molecule has 0 fully saturated rings. The van der Waals surface area contributed by atoms with Gasteiger partial charge in [0.15, 0.2) is 0 Å². The Bertz CT molecular complexity index is 278. The van der Waals surface area contributed by atoms with E-state index in [-0.39, 0.29) is 0 Å². The van der Waals surface area contributed by atoms with Crippen molar-refractivity contribution in [3.63, 3.8) is 0 Å². The fraction of sp³-hybridized carbons (Fsp3) is 0.773. The summed E-state index contributed by atoms with van der Waals surface area (Å²) in [4.78, 5) is 3.78. The predicted octanol–water partition coefficient (Wildman–Crippen LogP) is 7.76. The molecule has 1 rings (SSSR count). The molecule has 1 heterocycles. The van der Waals surface area contributed by atoms with Crippen molar-refractivity contribution in [2.75, 3.05) is 12.7 Å². The van der Waals surface area contributed by atoms with E-state index >= 15 is 0 Å². The molecule has 0 aliphatic carbocycles. The Morgan fingerprint density at radius 1 is 0.640 bits per heavy atom. The average Bonchev–Trinajstić information content (AvgIpc) is 2.67. The van der Waals surface area contributed by atoms with Crippen LogP contribution in [0.1, 0.15) is 96.8 Å². The van der Waals surface area contributed by atoms with Crippen molar-refractivity contribution >= 4 is 11.6 Å². The van der Waals surface area contributed by atoms with Crippen LogP contribution in [0.25, 0.3) is 0 Å². The quantitative estimate of drug-likeness (QED) is 0.219. The van der Waals surface area contributed by atoms with E-state index in [4.69, 9.17) is 16.3 Å². The number of alkyl halides is 1. The third kappa shape index (κ3) is 23.4. The number of unbranched alkanes of at least 4 members (excludes halogenated alkanes) is 13. The second kappa shape index (κ2) is 23.4. The maximum absolute atomic E-state index is 5.44.